The van der Waals surface area contributed by atoms with Crippen molar-refractivity contribution in [3.05, 3.63) is 21.7 Å². The highest BCUT2D eigenvalue weighted by molar-refractivity contribution is 6.32. The van der Waals surface area contributed by atoms with Crippen molar-refractivity contribution in [2.75, 3.05) is 7.11 Å². The zero-order valence-electron chi connectivity index (χ0n) is 10.9. The van der Waals surface area contributed by atoms with Crippen LogP contribution in [-0.4, -0.2) is 23.3 Å². The lowest BCUT2D eigenvalue weighted by atomic mass is 9.94. The van der Waals surface area contributed by atoms with Crippen molar-refractivity contribution in [3.63, 3.8) is 0 Å². The molecule has 0 saturated carbocycles. The summed E-state index contributed by atoms with van der Waals surface area (Å²) in [5.41, 5.74) is 1.87. The molecular weight excluding hydrogens is 256 g/mol. The fourth-order valence-corrected chi connectivity index (χ4v) is 2.10. The molecule has 0 spiro atoms. The summed E-state index contributed by atoms with van der Waals surface area (Å²) in [6.07, 6.45) is 0.212. The minimum atomic E-state index is -0.913. The van der Waals surface area contributed by atoms with Crippen molar-refractivity contribution in [2.45, 2.75) is 27.2 Å². The summed E-state index contributed by atoms with van der Waals surface area (Å²) in [6.45, 7) is 5.10. The molecule has 0 aromatic heterocycles. The Morgan fingerprint density at radius 1 is 1.39 bits per heavy atom. The van der Waals surface area contributed by atoms with Gasteiger partial charge in [-0.15, -0.1) is 0 Å². The summed E-state index contributed by atoms with van der Waals surface area (Å²) in [7, 11) is 1.44. The number of aliphatic carboxylic acids is 1. The molecule has 1 aromatic carbocycles. The summed E-state index contributed by atoms with van der Waals surface area (Å²) in [4.78, 5) is 10.9. The maximum absolute atomic E-state index is 10.9. The van der Waals surface area contributed by atoms with Gasteiger partial charge in [-0.2, -0.15) is 0 Å². The molecule has 2 N–H and O–H groups in total. The van der Waals surface area contributed by atoms with E-state index in [0.29, 0.717) is 27.5 Å². The normalized spacial score (nSPS) is 12.3. The van der Waals surface area contributed by atoms with Crippen LogP contribution < -0.4 is 4.74 Å². The summed E-state index contributed by atoms with van der Waals surface area (Å²) in [5, 5.41) is 19.6. The Morgan fingerprint density at radius 2 is 1.94 bits per heavy atom. The third-order valence-corrected chi connectivity index (χ3v) is 3.66. The molecule has 0 aliphatic carbocycles. The molecule has 1 unspecified atom stereocenters. The van der Waals surface area contributed by atoms with E-state index in [1.54, 1.807) is 20.8 Å². The minimum absolute atomic E-state index is 0.0231. The number of methoxy groups -OCH3 is 1. The molecule has 0 fully saturated rings. The highest BCUT2D eigenvalue weighted by Gasteiger charge is 2.22. The largest absolute Gasteiger partial charge is 0.504 e. The minimum Gasteiger partial charge on any atom is -0.504 e. The smallest absolute Gasteiger partial charge is 0.306 e. The standard InChI is InChI=1S/C13H17ClO4/c1-6(13(16)17)5-9-7(2)10(14)8(3)12(18-4)11(9)15/h6,15H,5H2,1-4H3,(H,16,17). The van der Waals surface area contributed by atoms with Gasteiger partial charge in [0.05, 0.1) is 18.1 Å². The molecule has 0 amide bonds. The molecule has 5 heteroatoms. The number of carboxylic acid groups (broad SMARTS) is 1. The Morgan fingerprint density at radius 3 is 2.39 bits per heavy atom. The zero-order valence-corrected chi connectivity index (χ0v) is 11.6. The van der Waals surface area contributed by atoms with Crippen molar-refractivity contribution in [2.24, 2.45) is 5.92 Å². The van der Waals surface area contributed by atoms with Crippen LogP contribution in [0.3, 0.4) is 0 Å². The summed E-state index contributed by atoms with van der Waals surface area (Å²) < 4.78 is 5.11. The van der Waals surface area contributed by atoms with Gasteiger partial charge in [-0.1, -0.05) is 18.5 Å². The summed E-state index contributed by atoms with van der Waals surface area (Å²) >= 11 is 6.16. The number of carbonyl (C=O) groups is 1. The molecule has 0 radical (unpaired) electrons. The van der Waals surface area contributed by atoms with E-state index in [1.165, 1.54) is 7.11 Å². The van der Waals surface area contributed by atoms with E-state index >= 15 is 0 Å². The van der Waals surface area contributed by atoms with Crippen molar-refractivity contribution in [3.8, 4) is 11.5 Å². The lowest BCUT2D eigenvalue weighted by molar-refractivity contribution is -0.141. The van der Waals surface area contributed by atoms with Gasteiger partial charge in [0.25, 0.3) is 0 Å². The van der Waals surface area contributed by atoms with Crippen molar-refractivity contribution in [1.29, 1.82) is 0 Å². The van der Waals surface area contributed by atoms with Crippen LogP contribution in [0.15, 0.2) is 0 Å². The van der Waals surface area contributed by atoms with Crippen molar-refractivity contribution in [1.82, 2.24) is 0 Å². The van der Waals surface area contributed by atoms with Crippen LogP contribution in [0.2, 0.25) is 5.02 Å². The average molecular weight is 273 g/mol. The maximum atomic E-state index is 10.9. The Balaban J connectivity index is 3.35. The number of phenolic OH excluding ortho intramolecular Hbond substituents is 1. The van der Waals surface area contributed by atoms with E-state index in [4.69, 9.17) is 21.4 Å². The average Bonchev–Trinajstić information content (AvgIpc) is 2.32. The van der Waals surface area contributed by atoms with E-state index in [1.807, 2.05) is 0 Å². The van der Waals surface area contributed by atoms with Gasteiger partial charge in [0, 0.05) is 11.1 Å². The van der Waals surface area contributed by atoms with Gasteiger partial charge in [0.2, 0.25) is 0 Å². The summed E-state index contributed by atoms with van der Waals surface area (Å²) in [6, 6.07) is 0. The van der Waals surface area contributed by atoms with Gasteiger partial charge in [-0.25, -0.2) is 0 Å². The van der Waals surface area contributed by atoms with Gasteiger partial charge in [0.1, 0.15) is 0 Å². The predicted octanol–water partition coefficient (Wildman–Crippen LogP) is 2.93. The van der Waals surface area contributed by atoms with Crippen LogP contribution in [0.5, 0.6) is 11.5 Å². The van der Waals surface area contributed by atoms with Crippen LogP contribution in [0.1, 0.15) is 23.6 Å². The second-order valence-electron chi connectivity index (χ2n) is 4.37. The molecule has 18 heavy (non-hydrogen) atoms. The van der Waals surface area contributed by atoms with Crippen LogP contribution in [-0.2, 0) is 11.2 Å². The molecule has 0 heterocycles. The second-order valence-corrected chi connectivity index (χ2v) is 4.75. The van der Waals surface area contributed by atoms with Gasteiger partial charge in [-0.05, 0) is 25.8 Å². The summed E-state index contributed by atoms with van der Waals surface area (Å²) in [5.74, 6) is -1.23. The van der Waals surface area contributed by atoms with Gasteiger partial charge >= 0.3 is 5.97 Å². The second kappa shape index (κ2) is 5.48. The monoisotopic (exact) mass is 272 g/mol. The first kappa shape index (κ1) is 14.6. The molecule has 0 aliphatic rings. The fraction of sp³-hybridized carbons (Fsp3) is 0.462. The molecule has 1 rings (SSSR count). The fourth-order valence-electron chi connectivity index (χ4n) is 1.90. The molecule has 0 saturated heterocycles. The SMILES string of the molecule is COc1c(C)c(Cl)c(C)c(CC(C)C(=O)O)c1O. The Hall–Kier alpha value is -1.42. The number of rotatable bonds is 4. The number of phenols is 1. The van der Waals surface area contributed by atoms with Crippen LogP contribution >= 0.6 is 11.6 Å². The van der Waals surface area contributed by atoms with E-state index in [0.717, 1.165) is 0 Å². The molecule has 4 nitrogen and oxygen atoms in total. The predicted molar refractivity (Wildman–Crippen MR) is 69.6 cm³/mol. The van der Waals surface area contributed by atoms with Crippen LogP contribution in [0.25, 0.3) is 0 Å². The quantitative estimate of drug-likeness (QED) is 0.884. The van der Waals surface area contributed by atoms with Crippen molar-refractivity contribution >= 4 is 17.6 Å². The number of halogens is 1. The third kappa shape index (κ3) is 2.53. The Kier molecular flexibility index (Phi) is 4.46. The molecule has 100 valence electrons. The lowest BCUT2D eigenvalue weighted by Crippen LogP contribution is -2.13. The zero-order chi connectivity index (χ0) is 14.0. The van der Waals surface area contributed by atoms with Crippen LogP contribution in [0, 0.1) is 19.8 Å². The van der Waals surface area contributed by atoms with Gasteiger partial charge in [0.15, 0.2) is 11.5 Å². The third-order valence-electron chi connectivity index (χ3n) is 3.09. The van der Waals surface area contributed by atoms with E-state index in [9.17, 15) is 9.90 Å². The Bertz CT molecular complexity index is 483. The molecule has 1 atom stereocenters. The number of benzene rings is 1. The lowest BCUT2D eigenvalue weighted by Gasteiger charge is -2.18. The number of ether oxygens (including phenoxy) is 1. The highest BCUT2D eigenvalue weighted by atomic mass is 35.5. The number of hydrogen-bond donors (Lipinski definition) is 2. The van der Waals surface area contributed by atoms with E-state index in [-0.39, 0.29) is 12.2 Å². The molecule has 0 aliphatic heterocycles. The number of hydrogen-bond acceptors (Lipinski definition) is 3. The Labute approximate surface area is 111 Å². The molecule has 0 bridgehead atoms. The highest BCUT2D eigenvalue weighted by Crippen LogP contribution is 2.41. The van der Waals surface area contributed by atoms with Crippen molar-refractivity contribution < 1.29 is 19.7 Å². The van der Waals surface area contributed by atoms with Gasteiger partial charge < -0.3 is 14.9 Å². The van der Waals surface area contributed by atoms with Gasteiger partial charge in [-0.3, -0.25) is 4.79 Å². The van der Waals surface area contributed by atoms with E-state index in [2.05, 4.69) is 0 Å². The topological polar surface area (TPSA) is 66.8 Å². The maximum Gasteiger partial charge on any atom is 0.306 e. The number of aromatic hydroxyl groups is 1. The first-order valence-electron chi connectivity index (χ1n) is 5.58. The molecular formula is C13H17ClO4. The van der Waals surface area contributed by atoms with Crippen LogP contribution in [0.4, 0.5) is 0 Å². The first-order valence-corrected chi connectivity index (χ1v) is 5.96. The first-order chi connectivity index (χ1) is 8.31. The molecule has 1 aromatic rings. The number of carboxylic acids is 1. The van der Waals surface area contributed by atoms with E-state index < -0.39 is 11.9 Å².